The fourth-order valence-corrected chi connectivity index (χ4v) is 3.37. The van der Waals surface area contributed by atoms with E-state index in [1.165, 1.54) is 22.0 Å². The van der Waals surface area contributed by atoms with E-state index in [0.717, 1.165) is 24.2 Å². The first-order valence-corrected chi connectivity index (χ1v) is 9.70. The zero-order valence-electron chi connectivity index (χ0n) is 15.4. The van der Waals surface area contributed by atoms with Gasteiger partial charge in [0.05, 0.1) is 11.4 Å². The maximum atomic E-state index is 12.0. The van der Waals surface area contributed by atoms with Crippen molar-refractivity contribution >= 4 is 17.7 Å². The van der Waals surface area contributed by atoms with Crippen molar-refractivity contribution < 1.29 is 4.79 Å². The lowest BCUT2D eigenvalue weighted by Gasteiger charge is -2.06. The van der Waals surface area contributed by atoms with E-state index < -0.39 is 0 Å². The highest BCUT2D eigenvalue weighted by atomic mass is 32.2. The predicted octanol–water partition coefficient (Wildman–Crippen LogP) is 1.64. The molecule has 0 aliphatic rings. The summed E-state index contributed by atoms with van der Waals surface area (Å²) >= 11 is 1.25. The van der Waals surface area contributed by atoms with Gasteiger partial charge in [-0.3, -0.25) is 4.79 Å². The van der Waals surface area contributed by atoms with Crippen molar-refractivity contribution in [2.45, 2.75) is 31.8 Å². The number of rotatable bonds is 8. The Morgan fingerprint density at radius 1 is 1.22 bits per heavy atom. The Kier molecular flexibility index (Phi) is 6.12. The van der Waals surface area contributed by atoms with Crippen LogP contribution in [0, 0.1) is 13.8 Å². The largest absolute Gasteiger partial charge is 0.355 e. The number of nitrogens with zero attached hydrogens (tertiary/aromatic N) is 5. The number of nitrogens with two attached hydrogens (primary N) is 1. The van der Waals surface area contributed by atoms with Crippen LogP contribution in [0.3, 0.4) is 0 Å². The second-order valence-corrected chi connectivity index (χ2v) is 7.16. The molecule has 0 bridgehead atoms. The molecule has 27 heavy (non-hydrogen) atoms. The van der Waals surface area contributed by atoms with E-state index in [2.05, 4.69) is 32.7 Å². The molecule has 0 radical (unpaired) electrons. The normalized spacial score (nSPS) is 10.9. The summed E-state index contributed by atoms with van der Waals surface area (Å²) < 4.78 is 2.99. The van der Waals surface area contributed by atoms with Crippen molar-refractivity contribution in [1.29, 1.82) is 0 Å². The molecular weight excluding hydrogens is 362 g/mol. The topological polar surface area (TPSA) is 104 Å². The summed E-state index contributed by atoms with van der Waals surface area (Å²) in [6, 6.07) is 12.2. The Morgan fingerprint density at radius 2 is 2.00 bits per heavy atom. The molecule has 0 spiro atoms. The van der Waals surface area contributed by atoms with E-state index in [4.69, 9.17) is 5.84 Å². The highest BCUT2D eigenvalue weighted by Crippen LogP contribution is 2.17. The Bertz CT molecular complexity index is 904. The molecule has 0 saturated carbocycles. The van der Waals surface area contributed by atoms with Gasteiger partial charge in [0.1, 0.15) is 0 Å². The quantitative estimate of drug-likeness (QED) is 0.347. The number of thioether (sulfide) groups is 1. The smallest absolute Gasteiger partial charge is 0.271 e. The van der Waals surface area contributed by atoms with Gasteiger partial charge in [-0.15, -0.1) is 10.2 Å². The number of nitrogens with one attached hydrogen (secondary N) is 1. The van der Waals surface area contributed by atoms with E-state index in [1.54, 1.807) is 4.68 Å². The monoisotopic (exact) mass is 385 g/mol. The zero-order chi connectivity index (χ0) is 19.2. The number of carbonyl (C=O) groups is 1. The Morgan fingerprint density at radius 3 is 2.70 bits per heavy atom. The van der Waals surface area contributed by atoms with Gasteiger partial charge in [0, 0.05) is 12.2 Å². The van der Waals surface area contributed by atoms with Gasteiger partial charge < -0.3 is 11.2 Å². The summed E-state index contributed by atoms with van der Waals surface area (Å²) in [4.78, 5) is 12.0. The second-order valence-electron chi connectivity index (χ2n) is 6.22. The lowest BCUT2D eigenvalue weighted by Crippen LogP contribution is -2.27. The van der Waals surface area contributed by atoms with Crippen LogP contribution in [0.5, 0.6) is 0 Å². The van der Waals surface area contributed by atoms with Crippen LogP contribution in [0.15, 0.2) is 41.6 Å². The van der Waals surface area contributed by atoms with Gasteiger partial charge in [0.15, 0.2) is 0 Å². The molecule has 0 atom stereocenters. The third-order valence-corrected chi connectivity index (χ3v) is 4.93. The van der Waals surface area contributed by atoms with Gasteiger partial charge in [0.2, 0.25) is 11.1 Å². The van der Waals surface area contributed by atoms with Crippen LogP contribution in [0.2, 0.25) is 0 Å². The van der Waals surface area contributed by atoms with Crippen molar-refractivity contribution in [2.24, 2.45) is 0 Å². The van der Waals surface area contributed by atoms with Crippen molar-refractivity contribution in [2.75, 3.05) is 18.1 Å². The van der Waals surface area contributed by atoms with Crippen LogP contribution in [0.1, 0.15) is 23.4 Å². The number of benzene rings is 1. The molecule has 3 rings (SSSR count). The number of aryl methyl sites for hydroxylation is 3. The minimum absolute atomic E-state index is 0.0521. The van der Waals surface area contributed by atoms with Crippen LogP contribution in [0.4, 0.5) is 0 Å². The van der Waals surface area contributed by atoms with Crippen molar-refractivity contribution in [3.63, 3.8) is 0 Å². The second kappa shape index (κ2) is 8.72. The first-order valence-electron chi connectivity index (χ1n) is 8.72. The number of amides is 1. The zero-order valence-corrected chi connectivity index (χ0v) is 16.2. The first-order chi connectivity index (χ1) is 13.0. The summed E-state index contributed by atoms with van der Waals surface area (Å²) in [6.45, 7) is 4.46. The van der Waals surface area contributed by atoms with E-state index in [-0.39, 0.29) is 11.7 Å². The van der Waals surface area contributed by atoms with Gasteiger partial charge >= 0.3 is 0 Å². The Balaban J connectivity index is 1.46. The maximum Gasteiger partial charge on any atom is 0.271 e. The summed E-state index contributed by atoms with van der Waals surface area (Å²) in [5.74, 6) is 6.67. The minimum atomic E-state index is -0.0521. The lowest BCUT2D eigenvalue weighted by atomic mass is 10.1. The number of hydrogen-bond donors (Lipinski definition) is 2. The van der Waals surface area contributed by atoms with Crippen LogP contribution >= 0.6 is 11.8 Å². The van der Waals surface area contributed by atoms with Crippen LogP contribution in [0.25, 0.3) is 5.95 Å². The number of aromatic nitrogens is 5. The predicted molar refractivity (Wildman–Crippen MR) is 105 cm³/mol. The number of hydrogen-bond acceptors (Lipinski definition) is 6. The first kappa shape index (κ1) is 19.0. The molecule has 0 aliphatic heterocycles. The van der Waals surface area contributed by atoms with Crippen molar-refractivity contribution in [3.8, 4) is 5.95 Å². The third kappa shape index (κ3) is 4.88. The highest BCUT2D eigenvalue weighted by molar-refractivity contribution is 7.99. The lowest BCUT2D eigenvalue weighted by molar-refractivity contribution is -0.118. The van der Waals surface area contributed by atoms with E-state index in [0.29, 0.717) is 17.6 Å². The Labute approximate surface area is 162 Å². The molecule has 2 aromatic heterocycles. The van der Waals surface area contributed by atoms with Crippen LogP contribution < -0.4 is 11.2 Å². The molecule has 9 heteroatoms. The average Bonchev–Trinajstić information content (AvgIpc) is 3.19. The average molecular weight is 385 g/mol. The molecule has 0 unspecified atom stereocenters. The Hall–Kier alpha value is -2.81. The summed E-state index contributed by atoms with van der Waals surface area (Å²) in [5, 5.41) is 15.9. The molecule has 1 aromatic carbocycles. The van der Waals surface area contributed by atoms with E-state index in [1.807, 2.05) is 38.1 Å². The van der Waals surface area contributed by atoms with Crippen molar-refractivity contribution in [1.82, 2.24) is 30.0 Å². The summed E-state index contributed by atoms with van der Waals surface area (Å²) in [6.07, 6.45) is 1.84. The molecule has 142 valence electrons. The van der Waals surface area contributed by atoms with Gasteiger partial charge in [-0.2, -0.15) is 5.10 Å². The molecule has 0 fully saturated rings. The van der Waals surface area contributed by atoms with Crippen molar-refractivity contribution in [3.05, 3.63) is 53.3 Å². The maximum absolute atomic E-state index is 12.0. The third-order valence-electron chi connectivity index (χ3n) is 3.99. The molecule has 3 N–H and O–H groups in total. The molecule has 1 amide bonds. The fourth-order valence-electron chi connectivity index (χ4n) is 2.69. The molecule has 0 saturated heterocycles. The van der Waals surface area contributed by atoms with Gasteiger partial charge in [0.25, 0.3) is 5.95 Å². The van der Waals surface area contributed by atoms with Gasteiger partial charge in [-0.1, -0.05) is 42.1 Å². The fraction of sp³-hybridized carbons (Fsp3) is 0.333. The van der Waals surface area contributed by atoms with Crippen LogP contribution in [-0.2, 0) is 11.2 Å². The van der Waals surface area contributed by atoms with Gasteiger partial charge in [-0.05, 0) is 38.3 Å². The van der Waals surface area contributed by atoms with E-state index in [9.17, 15) is 4.79 Å². The van der Waals surface area contributed by atoms with E-state index >= 15 is 0 Å². The SMILES string of the molecule is Cc1cc(C)n(-c2nnc(SCC(=O)NCCCc3ccccc3)n2N)n1. The molecule has 0 aliphatic carbocycles. The molecular formula is C18H23N7OS. The molecule has 8 nitrogen and oxygen atoms in total. The standard InChI is InChI=1S/C18H23N7OS/c1-13-11-14(2)25(23-13)17-21-22-18(24(17)19)27-12-16(26)20-10-6-9-15-7-4-3-5-8-15/h3-5,7-8,11H,6,9-10,12,19H2,1-2H3,(H,20,26). The summed E-state index contributed by atoms with van der Waals surface area (Å²) in [5.41, 5.74) is 3.06. The summed E-state index contributed by atoms with van der Waals surface area (Å²) in [7, 11) is 0. The molecule has 3 aromatic rings. The molecule has 2 heterocycles. The minimum Gasteiger partial charge on any atom is -0.355 e. The highest BCUT2D eigenvalue weighted by Gasteiger charge is 2.15. The van der Waals surface area contributed by atoms with Crippen LogP contribution in [-0.4, -0.2) is 42.9 Å². The van der Waals surface area contributed by atoms with Gasteiger partial charge in [-0.25, -0.2) is 9.36 Å². The number of carbonyl (C=O) groups excluding carboxylic acids is 1. The number of nitrogen functional groups attached to an aromatic ring is 1.